The maximum absolute atomic E-state index is 4.88. The molecule has 0 aromatic carbocycles. The molecule has 1 N–H and O–H groups in total. The van der Waals surface area contributed by atoms with E-state index in [-0.39, 0.29) is 0 Å². The van der Waals surface area contributed by atoms with E-state index in [1.165, 1.54) is 34.5 Å². The summed E-state index contributed by atoms with van der Waals surface area (Å²) in [6, 6.07) is 2.91. The van der Waals surface area contributed by atoms with Crippen LogP contribution in [0.2, 0.25) is 0 Å². The van der Waals surface area contributed by atoms with Gasteiger partial charge < -0.3 is 5.32 Å². The van der Waals surface area contributed by atoms with Crippen molar-refractivity contribution >= 4 is 11.3 Å². The highest BCUT2D eigenvalue weighted by Crippen LogP contribution is 2.33. The predicted octanol–water partition coefficient (Wildman–Crippen LogP) is 4.20. The van der Waals surface area contributed by atoms with Crippen molar-refractivity contribution in [2.75, 3.05) is 0 Å². The monoisotopic (exact) mass is 301 g/mol. The topological polar surface area (TPSA) is 37.8 Å². The van der Waals surface area contributed by atoms with Gasteiger partial charge in [-0.15, -0.1) is 11.3 Å². The third-order valence-corrected chi connectivity index (χ3v) is 4.90. The molecular formula is C17H23N3S. The van der Waals surface area contributed by atoms with Gasteiger partial charge in [0.25, 0.3) is 0 Å². The Hall–Kier alpha value is -1.26. The lowest BCUT2D eigenvalue weighted by Crippen LogP contribution is -2.15. The molecule has 112 valence electrons. The second-order valence-corrected chi connectivity index (χ2v) is 7.40. The van der Waals surface area contributed by atoms with Crippen LogP contribution in [0.5, 0.6) is 0 Å². The molecule has 0 spiro atoms. The lowest BCUT2D eigenvalue weighted by molar-refractivity contribution is 0.681. The SMILES string of the molecule is Cc1cnc(-c2nc(C(C)C)c(CNC3CC3)s2)c(C)c1. The summed E-state index contributed by atoms with van der Waals surface area (Å²) in [6.45, 7) is 9.58. The van der Waals surface area contributed by atoms with Gasteiger partial charge in [0.05, 0.1) is 5.69 Å². The molecule has 2 heterocycles. The second-order valence-electron chi connectivity index (χ2n) is 6.32. The van der Waals surface area contributed by atoms with Gasteiger partial charge in [0.15, 0.2) is 0 Å². The maximum Gasteiger partial charge on any atom is 0.142 e. The molecule has 0 atom stereocenters. The van der Waals surface area contributed by atoms with E-state index in [9.17, 15) is 0 Å². The predicted molar refractivity (Wildman–Crippen MR) is 88.8 cm³/mol. The molecule has 2 aromatic rings. The average molecular weight is 301 g/mol. The Balaban J connectivity index is 1.92. The van der Waals surface area contributed by atoms with E-state index >= 15 is 0 Å². The van der Waals surface area contributed by atoms with Crippen LogP contribution in [0.3, 0.4) is 0 Å². The number of aryl methyl sites for hydroxylation is 2. The van der Waals surface area contributed by atoms with E-state index in [0.717, 1.165) is 23.3 Å². The summed E-state index contributed by atoms with van der Waals surface area (Å²) >= 11 is 1.79. The minimum Gasteiger partial charge on any atom is -0.309 e. The van der Waals surface area contributed by atoms with Crippen LogP contribution >= 0.6 is 11.3 Å². The Kier molecular flexibility index (Phi) is 4.09. The van der Waals surface area contributed by atoms with Crippen LogP contribution < -0.4 is 5.32 Å². The van der Waals surface area contributed by atoms with Crippen molar-refractivity contribution in [2.45, 2.75) is 59.0 Å². The molecule has 0 bridgehead atoms. The van der Waals surface area contributed by atoms with Gasteiger partial charge in [0.1, 0.15) is 10.7 Å². The molecule has 0 amide bonds. The Labute approximate surface area is 130 Å². The van der Waals surface area contributed by atoms with Gasteiger partial charge in [0, 0.05) is 23.7 Å². The normalized spacial score (nSPS) is 14.9. The zero-order valence-electron chi connectivity index (χ0n) is 13.2. The van der Waals surface area contributed by atoms with Crippen LogP contribution in [0, 0.1) is 13.8 Å². The Morgan fingerprint density at radius 3 is 2.71 bits per heavy atom. The largest absolute Gasteiger partial charge is 0.309 e. The van der Waals surface area contributed by atoms with Crippen LogP contribution in [0.4, 0.5) is 0 Å². The number of aromatic nitrogens is 2. The van der Waals surface area contributed by atoms with E-state index in [2.05, 4.69) is 44.1 Å². The number of nitrogens with one attached hydrogen (secondary N) is 1. The highest BCUT2D eigenvalue weighted by atomic mass is 32.1. The number of hydrogen-bond donors (Lipinski definition) is 1. The molecule has 21 heavy (non-hydrogen) atoms. The molecule has 1 aliphatic carbocycles. The molecular weight excluding hydrogens is 278 g/mol. The van der Waals surface area contributed by atoms with E-state index in [0.29, 0.717) is 5.92 Å². The van der Waals surface area contributed by atoms with Gasteiger partial charge in [-0.25, -0.2) is 4.98 Å². The van der Waals surface area contributed by atoms with Crippen molar-refractivity contribution in [3.8, 4) is 10.7 Å². The van der Waals surface area contributed by atoms with Gasteiger partial charge in [-0.3, -0.25) is 4.98 Å². The lowest BCUT2D eigenvalue weighted by Gasteiger charge is -2.05. The van der Waals surface area contributed by atoms with Gasteiger partial charge in [-0.2, -0.15) is 0 Å². The Morgan fingerprint density at radius 2 is 2.10 bits per heavy atom. The summed E-state index contributed by atoms with van der Waals surface area (Å²) < 4.78 is 0. The molecule has 4 heteroatoms. The molecule has 1 aliphatic rings. The Morgan fingerprint density at radius 1 is 1.33 bits per heavy atom. The van der Waals surface area contributed by atoms with Gasteiger partial charge >= 0.3 is 0 Å². The van der Waals surface area contributed by atoms with E-state index < -0.39 is 0 Å². The molecule has 0 aliphatic heterocycles. The standard InChI is InChI=1S/C17H23N3S/c1-10(2)15-14(9-18-13-5-6-13)21-17(20-15)16-12(4)7-11(3)8-19-16/h7-8,10,13,18H,5-6,9H2,1-4H3. The molecule has 2 aromatic heterocycles. The second kappa shape index (κ2) is 5.85. The van der Waals surface area contributed by atoms with Crippen molar-refractivity contribution in [2.24, 2.45) is 0 Å². The van der Waals surface area contributed by atoms with Gasteiger partial charge in [0.2, 0.25) is 0 Å². The van der Waals surface area contributed by atoms with Crippen molar-refractivity contribution < 1.29 is 0 Å². The number of nitrogens with zero attached hydrogens (tertiary/aromatic N) is 2. The fourth-order valence-corrected chi connectivity index (χ4v) is 3.74. The van der Waals surface area contributed by atoms with Crippen LogP contribution in [0.1, 0.15) is 54.3 Å². The van der Waals surface area contributed by atoms with Crippen molar-refractivity contribution in [1.29, 1.82) is 0 Å². The van der Waals surface area contributed by atoms with Crippen LogP contribution in [0.25, 0.3) is 10.7 Å². The number of rotatable bonds is 5. The fraction of sp³-hybridized carbons (Fsp3) is 0.529. The van der Waals surface area contributed by atoms with Crippen LogP contribution in [0.15, 0.2) is 12.3 Å². The van der Waals surface area contributed by atoms with Gasteiger partial charge in [-0.1, -0.05) is 19.9 Å². The average Bonchev–Trinajstić information content (AvgIpc) is 3.15. The van der Waals surface area contributed by atoms with E-state index in [1.54, 1.807) is 11.3 Å². The number of hydrogen-bond acceptors (Lipinski definition) is 4. The van der Waals surface area contributed by atoms with Crippen molar-refractivity contribution in [1.82, 2.24) is 15.3 Å². The Bertz CT molecular complexity index is 641. The molecule has 1 fully saturated rings. The highest BCUT2D eigenvalue weighted by molar-refractivity contribution is 7.15. The summed E-state index contributed by atoms with van der Waals surface area (Å²) in [5, 5.41) is 4.67. The molecule has 1 saturated carbocycles. The minimum absolute atomic E-state index is 0.455. The molecule has 0 radical (unpaired) electrons. The number of thiazole rings is 1. The highest BCUT2D eigenvalue weighted by Gasteiger charge is 2.23. The zero-order chi connectivity index (χ0) is 15.0. The first-order chi connectivity index (χ1) is 10.0. The molecule has 3 rings (SSSR count). The van der Waals surface area contributed by atoms with Crippen LogP contribution in [-0.2, 0) is 6.54 Å². The summed E-state index contributed by atoms with van der Waals surface area (Å²) in [4.78, 5) is 10.9. The number of pyridine rings is 1. The molecule has 0 unspecified atom stereocenters. The first kappa shape index (κ1) is 14.7. The quantitative estimate of drug-likeness (QED) is 0.899. The van der Waals surface area contributed by atoms with Crippen molar-refractivity contribution in [3.05, 3.63) is 34.0 Å². The lowest BCUT2D eigenvalue weighted by atomic mass is 10.1. The first-order valence-electron chi connectivity index (χ1n) is 7.71. The maximum atomic E-state index is 4.88. The minimum atomic E-state index is 0.455. The third kappa shape index (κ3) is 3.33. The first-order valence-corrected chi connectivity index (χ1v) is 8.53. The van der Waals surface area contributed by atoms with E-state index in [4.69, 9.17) is 4.98 Å². The van der Waals surface area contributed by atoms with Crippen molar-refractivity contribution in [3.63, 3.8) is 0 Å². The molecule has 3 nitrogen and oxygen atoms in total. The summed E-state index contributed by atoms with van der Waals surface area (Å²) in [6.07, 6.45) is 4.57. The fourth-order valence-electron chi connectivity index (χ4n) is 2.51. The summed E-state index contributed by atoms with van der Waals surface area (Å²) in [5.74, 6) is 0.455. The van der Waals surface area contributed by atoms with Gasteiger partial charge in [-0.05, 0) is 43.7 Å². The smallest absolute Gasteiger partial charge is 0.142 e. The third-order valence-electron chi connectivity index (χ3n) is 3.82. The summed E-state index contributed by atoms with van der Waals surface area (Å²) in [5.41, 5.74) is 4.67. The summed E-state index contributed by atoms with van der Waals surface area (Å²) in [7, 11) is 0. The van der Waals surface area contributed by atoms with Crippen LogP contribution in [-0.4, -0.2) is 16.0 Å². The van der Waals surface area contributed by atoms with E-state index in [1.807, 2.05) is 6.20 Å². The zero-order valence-corrected chi connectivity index (χ0v) is 14.0. The molecule has 0 saturated heterocycles.